The molecule has 3 aliphatic rings. The Morgan fingerprint density at radius 1 is 1.26 bits per heavy atom. The number of carbonyl (C=O) groups is 1. The first-order valence-electron chi connectivity index (χ1n) is 10.7. The molecule has 1 spiro atoms. The third kappa shape index (κ3) is 3.89. The second kappa shape index (κ2) is 7.23. The van der Waals surface area contributed by atoms with Gasteiger partial charge in [-0.3, -0.25) is 5.10 Å². The number of alkyl carbamates (subject to hydrolysis) is 1. The quantitative estimate of drug-likeness (QED) is 0.560. The zero-order chi connectivity index (χ0) is 21.8. The molecule has 1 aliphatic heterocycles. The van der Waals surface area contributed by atoms with Crippen LogP contribution in [0.25, 0.3) is 0 Å². The maximum Gasteiger partial charge on any atom is 0.407 e. The minimum atomic E-state index is -3.41. The fraction of sp³-hybridized carbons (Fsp3) is 0.524. The van der Waals surface area contributed by atoms with Crippen LogP contribution in [-0.2, 0) is 20.3 Å². The largest absolute Gasteiger partial charge is 0.446 e. The Kier molecular flexibility index (Phi) is 4.74. The van der Waals surface area contributed by atoms with E-state index >= 15 is 0 Å². The van der Waals surface area contributed by atoms with Gasteiger partial charge in [0.25, 0.3) is 0 Å². The Morgan fingerprint density at radius 3 is 2.81 bits per heavy atom. The number of hydrogen-bond acceptors (Lipinski definition) is 6. The number of ether oxygens (including phenoxy) is 1. The van der Waals surface area contributed by atoms with E-state index in [4.69, 9.17) is 4.74 Å². The van der Waals surface area contributed by atoms with E-state index in [0.29, 0.717) is 10.7 Å². The third-order valence-corrected chi connectivity index (χ3v) is 7.83. The molecule has 0 radical (unpaired) electrons. The first kappa shape index (κ1) is 20.3. The number of nitrogens with zero attached hydrogens (tertiary/aromatic N) is 1. The molecule has 4 N–H and O–H groups in total. The van der Waals surface area contributed by atoms with Crippen LogP contribution in [-0.4, -0.2) is 36.9 Å². The zero-order valence-electron chi connectivity index (χ0n) is 17.6. The Hall–Kier alpha value is -2.59. The van der Waals surface area contributed by atoms with Crippen molar-refractivity contribution in [2.24, 2.45) is 0 Å². The molecule has 2 heterocycles. The van der Waals surface area contributed by atoms with Crippen LogP contribution in [0.2, 0.25) is 0 Å². The molecule has 2 fully saturated rings. The third-order valence-electron chi connectivity index (χ3n) is 6.24. The van der Waals surface area contributed by atoms with E-state index in [0.717, 1.165) is 49.0 Å². The Labute approximate surface area is 181 Å². The number of aromatic amines is 1. The number of hydrogen-bond donors (Lipinski definition) is 4. The van der Waals surface area contributed by atoms with Crippen LogP contribution in [0.3, 0.4) is 0 Å². The highest BCUT2D eigenvalue weighted by Gasteiger charge is 2.54. The van der Waals surface area contributed by atoms with Crippen molar-refractivity contribution in [1.29, 1.82) is 0 Å². The van der Waals surface area contributed by atoms with Crippen molar-refractivity contribution in [2.45, 2.75) is 74.4 Å². The first-order valence-corrected chi connectivity index (χ1v) is 12.2. The molecule has 1 aromatic carbocycles. The lowest BCUT2D eigenvalue weighted by atomic mass is 10.0. The summed E-state index contributed by atoms with van der Waals surface area (Å²) in [5.74, 6) is 0.930. The van der Waals surface area contributed by atoms with Gasteiger partial charge in [0, 0.05) is 29.4 Å². The summed E-state index contributed by atoms with van der Waals surface area (Å²) in [5, 5.41) is 13.5. The molecule has 1 amide bonds. The molecule has 9 nitrogen and oxygen atoms in total. The highest BCUT2D eigenvalue weighted by Crippen LogP contribution is 2.53. The molecule has 0 saturated heterocycles. The number of sulfonamides is 1. The van der Waals surface area contributed by atoms with Gasteiger partial charge < -0.3 is 15.4 Å². The number of benzene rings is 1. The molecule has 2 aliphatic carbocycles. The average Bonchev–Trinajstić information content (AvgIpc) is 3.01. The van der Waals surface area contributed by atoms with E-state index < -0.39 is 15.6 Å². The fourth-order valence-corrected chi connectivity index (χ4v) is 6.32. The van der Waals surface area contributed by atoms with Crippen LogP contribution < -0.4 is 15.4 Å². The van der Waals surface area contributed by atoms with Crippen LogP contribution in [0.1, 0.15) is 63.1 Å². The lowest BCUT2D eigenvalue weighted by Gasteiger charge is -2.14. The molecule has 10 heteroatoms. The van der Waals surface area contributed by atoms with Crippen molar-refractivity contribution < 1.29 is 17.9 Å². The van der Waals surface area contributed by atoms with Crippen LogP contribution in [0, 0.1) is 0 Å². The topological polar surface area (TPSA) is 125 Å². The Balaban J connectivity index is 1.24. The number of carbonyl (C=O) groups excluding carboxylic acids is 1. The highest BCUT2D eigenvalue weighted by molar-refractivity contribution is 7.89. The monoisotopic (exact) mass is 445 g/mol. The number of amides is 1. The molecule has 2 atom stereocenters. The number of fused-ring (bicyclic) bond motifs is 2. The minimum absolute atomic E-state index is 0.0517. The Morgan fingerprint density at radius 2 is 2.06 bits per heavy atom. The predicted octanol–water partition coefficient (Wildman–Crippen LogP) is 3.21. The summed E-state index contributed by atoms with van der Waals surface area (Å²) in [7, 11) is -3.41. The summed E-state index contributed by atoms with van der Waals surface area (Å²) in [6.07, 6.45) is 3.71. The summed E-state index contributed by atoms with van der Waals surface area (Å²) in [6, 6.07) is 7.34. The molecule has 1 unspecified atom stereocenters. The van der Waals surface area contributed by atoms with Crippen molar-refractivity contribution in [1.82, 2.24) is 20.2 Å². The number of anilines is 2. The summed E-state index contributed by atoms with van der Waals surface area (Å²) in [6.45, 7) is 3.80. The Bertz CT molecular complexity index is 1120. The predicted molar refractivity (Wildman–Crippen MR) is 115 cm³/mol. The standard InChI is InChI=1S/C21H27N5O4S/c1-12(2)22-20(27)30-15-5-3-13(9-15)17-11-19(25-24-17)23-14-4-6-18-16(10-14)21(7-8-21)26-31(18,28)29/h4,6,10-13,15,26H,3,5,7-9H2,1-2H3,(H,22,27)(H2,23,24,25)/t13-,15?/m0/s1. The number of H-pyrrole nitrogens is 1. The number of nitrogens with one attached hydrogen (secondary N) is 4. The van der Waals surface area contributed by atoms with Gasteiger partial charge in [0.2, 0.25) is 10.0 Å². The summed E-state index contributed by atoms with van der Waals surface area (Å²) < 4.78 is 32.9. The van der Waals surface area contributed by atoms with Crippen LogP contribution >= 0.6 is 0 Å². The number of aromatic nitrogens is 2. The van der Waals surface area contributed by atoms with Gasteiger partial charge in [-0.2, -0.15) is 5.10 Å². The average molecular weight is 446 g/mol. The van der Waals surface area contributed by atoms with Crippen molar-refractivity contribution in [3.63, 3.8) is 0 Å². The van der Waals surface area contributed by atoms with Crippen molar-refractivity contribution in [3.8, 4) is 0 Å². The summed E-state index contributed by atoms with van der Waals surface area (Å²) in [5.41, 5.74) is 2.23. The molecule has 1 aromatic heterocycles. The van der Waals surface area contributed by atoms with Gasteiger partial charge in [0.15, 0.2) is 5.82 Å². The molecule has 2 saturated carbocycles. The maximum absolute atomic E-state index is 12.3. The molecule has 166 valence electrons. The summed E-state index contributed by atoms with van der Waals surface area (Å²) in [4.78, 5) is 12.2. The van der Waals surface area contributed by atoms with Gasteiger partial charge >= 0.3 is 6.09 Å². The van der Waals surface area contributed by atoms with E-state index in [1.807, 2.05) is 26.0 Å². The smallest absolute Gasteiger partial charge is 0.407 e. The highest BCUT2D eigenvalue weighted by atomic mass is 32.2. The van der Waals surface area contributed by atoms with Gasteiger partial charge in [0.05, 0.1) is 10.4 Å². The molecule has 5 rings (SSSR count). The van der Waals surface area contributed by atoms with Gasteiger partial charge in [-0.05, 0) is 69.7 Å². The normalized spacial score (nSPS) is 24.9. The van der Waals surface area contributed by atoms with Crippen LogP contribution in [0.15, 0.2) is 29.2 Å². The second-order valence-electron chi connectivity index (χ2n) is 9.07. The molecular formula is C21H27N5O4S. The maximum atomic E-state index is 12.3. The van der Waals surface area contributed by atoms with E-state index in [-0.39, 0.29) is 24.2 Å². The first-order chi connectivity index (χ1) is 14.7. The van der Waals surface area contributed by atoms with Crippen molar-refractivity contribution >= 4 is 27.6 Å². The van der Waals surface area contributed by atoms with E-state index in [2.05, 4.69) is 25.6 Å². The SMILES string of the molecule is CC(C)NC(=O)OC1CC[C@H](c2cc(Nc3ccc4c(c3)C3(CC3)NS4(=O)=O)n[nH]2)C1. The minimum Gasteiger partial charge on any atom is -0.446 e. The van der Waals surface area contributed by atoms with E-state index in [9.17, 15) is 13.2 Å². The van der Waals surface area contributed by atoms with Gasteiger partial charge in [-0.25, -0.2) is 17.9 Å². The molecule has 0 bridgehead atoms. The fourth-order valence-electron chi connectivity index (χ4n) is 4.59. The lowest BCUT2D eigenvalue weighted by Crippen LogP contribution is -2.33. The number of rotatable bonds is 5. The van der Waals surface area contributed by atoms with Gasteiger partial charge in [-0.15, -0.1) is 0 Å². The van der Waals surface area contributed by atoms with Crippen molar-refractivity contribution in [2.75, 3.05) is 5.32 Å². The molecule has 2 aromatic rings. The van der Waals surface area contributed by atoms with Crippen LogP contribution in [0.4, 0.5) is 16.3 Å². The zero-order valence-corrected chi connectivity index (χ0v) is 18.4. The van der Waals surface area contributed by atoms with E-state index in [1.165, 1.54) is 0 Å². The molecule has 31 heavy (non-hydrogen) atoms. The molecular weight excluding hydrogens is 418 g/mol. The lowest BCUT2D eigenvalue weighted by molar-refractivity contribution is 0.0981. The van der Waals surface area contributed by atoms with Crippen molar-refractivity contribution in [3.05, 3.63) is 35.5 Å². The van der Waals surface area contributed by atoms with Gasteiger partial charge in [-0.1, -0.05) is 0 Å². The second-order valence-corrected chi connectivity index (χ2v) is 10.7. The van der Waals surface area contributed by atoms with Crippen LogP contribution in [0.5, 0.6) is 0 Å². The van der Waals surface area contributed by atoms with E-state index in [1.54, 1.807) is 12.1 Å². The van der Waals surface area contributed by atoms with Gasteiger partial charge in [0.1, 0.15) is 6.10 Å². The summed E-state index contributed by atoms with van der Waals surface area (Å²) >= 11 is 0.